The Labute approximate surface area is 125 Å². The van der Waals surface area contributed by atoms with Crippen LogP contribution in [0.2, 0.25) is 0 Å². The zero-order valence-electron chi connectivity index (χ0n) is 10.3. The van der Waals surface area contributed by atoms with Crippen LogP contribution in [0, 0.1) is 6.92 Å². The Balaban J connectivity index is 2.08. The second-order valence-electron chi connectivity index (χ2n) is 4.48. The number of benzene rings is 1. The summed E-state index contributed by atoms with van der Waals surface area (Å²) in [5.41, 5.74) is 2.86. The first-order valence-corrected chi connectivity index (χ1v) is 8.91. The number of hydrogen-bond donors (Lipinski definition) is 0. The maximum atomic E-state index is 12.7. The van der Waals surface area contributed by atoms with Crippen LogP contribution < -0.4 is 4.31 Å². The SMILES string of the molecule is Cc1cc(S(=O)(=O)N2CCc3ccccc32)sc1Br. The highest BCUT2D eigenvalue weighted by molar-refractivity contribution is 9.11. The number of anilines is 1. The summed E-state index contributed by atoms with van der Waals surface area (Å²) in [6.45, 7) is 2.42. The molecule has 0 aliphatic carbocycles. The lowest BCUT2D eigenvalue weighted by atomic mass is 10.2. The zero-order chi connectivity index (χ0) is 13.6. The summed E-state index contributed by atoms with van der Waals surface area (Å²) in [6, 6.07) is 9.41. The summed E-state index contributed by atoms with van der Waals surface area (Å²) in [5.74, 6) is 0. The van der Waals surface area contributed by atoms with Gasteiger partial charge in [-0.2, -0.15) is 0 Å². The monoisotopic (exact) mass is 357 g/mol. The van der Waals surface area contributed by atoms with Crippen molar-refractivity contribution >= 4 is 43.0 Å². The van der Waals surface area contributed by atoms with Crippen molar-refractivity contribution in [3.05, 3.63) is 45.2 Å². The summed E-state index contributed by atoms with van der Waals surface area (Å²) in [7, 11) is -3.43. The highest BCUT2D eigenvalue weighted by Crippen LogP contribution is 2.37. The van der Waals surface area contributed by atoms with Crippen molar-refractivity contribution in [1.82, 2.24) is 0 Å². The molecule has 3 nitrogen and oxygen atoms in total. The molecule has 0 saturated carbocycles. The van der Waals surface area contributed by atoms with Crippen LogP contribution in [-0.4, -0.2) is 15.0 Å². The van der Waals surface area contributed by atoms with E-state index in [4.69, 9.17) is 0 Å². The first kappa shape index (κ1) is 13.1. The van der Waals surface area contributed by atoms with Crippen molar-refractivity contribution in [2.24, 2.45) is 0 Å². The minimum Gasteiger partial charge on any atom is -0.265 e. The Morgan fingerprint density at radius 1 is 1.32 bits per heavy atom. The quantitative estimate of drug-likeness (QED) is 0.823. The smallest absolute Gasteiger partial charge is 0.265 e. The first-order valence-electron chi connectivity index (χ1n) is 5.87. The number of fused-ring (bicyclic) bond motifs is 1. The summed E-state index contributed by atoms with van der Waals surface area (Å²) in [4.78, 5) is 0. The molecule has 100 valence electrons. The molecule has 0 saturated heterocycles. The molecule has 0 atom stereocenters. The van der Waals surface area contributed by atoms with Crippen LogP contribution in [0.4, 0.5) is 5.69 Å². The number of aryl methyl sites for hydroxylation is 1. The van der Waals surface area contributed by atoms with Crippen molar-refractivity contribution in [1.29, 1.82) is 0 Å². The molecule has 0 bridgehead atoms. The van der Waals surface area contributed by atoms with E-state index in [0.29, 0.717) is 10.8 Å². The summed E-state index contributed by atoms with van der Waals surface area (Å²) in [5, 5.41) is 0. The van der Waals surface area contributed by atoms with Gasteiger partial charge in [0.15, 0.2) is 0 Å². The Morgan fingerprint density at radius 3 is 2.74 bits per heavy atom. The van der Waals surface area contributed by atoms with Crippen molar-refractivity contribution in [3.8, 4) is 0 Å². The van der Waals surface area contributed by atoms with Crippen LogP contribution in [-0.2, 0) is 16.4 Å². The highest BCUT2D eigenvalue weighted by Gasteiger charge is 2.31. The van der Waals surface area contributed by atoms with Crippen LogP contribution >= 0.6 is 27.3 Å². The second kappa shape index (κ2) is 4.61. The van der Waals surface area contributed by atoms with Crippen molar-refractivity contribution in [3.63, 3.8) is 0 Å². The Kier molecular flexibility index (Phi) is 3.19. The fourth-order valence-electron chi connectivity index (χ4n) is 2.23. The van der Waals surface area contributed by atoms with Gasteiger partial charge in [-0.05, 0) is 52.5 Å². The maximum Gasteiger partial charge on any atom is 0.273 e. The van der Waals surface area contributed by atoms with Gasteiger partial charge >= 0.3 is 0 Å². The molecule has 0 unspecified atom stereocenters. The molecule has 0 fully saturated rings. The van der Waals surface area contributed by atoms with E-state index in [1.807, 2.05) is 31.2 Å². The van der Waals surface area contributed by atoms with Crippen LogP contribution in [0.5, 0.6) is 0 Å². The number of para-hydroxylation sites is 1. The molecule has 0 N–H and O–H groups in total. The van der Waals surface area contributed by atoms with Gasteiger partial charge in [-0.25, -0.2) is 8.42 Å². The fourth-order valence-corrected chi connectivity index (χ4v) is 6.07. The van der Waals surface area contributed by atoms with Gasteiger partial charge in [-0.3, -0.25) is 4.31 Å². The molecule has 1 aromatic carbocycles. The number of rotatable bonds is 2. The van der Waals surface area contributed by atoms with Gasteiger partial charge in [-0.15, -0.1) is 11.3 Å². The van der Waals surface area contributed by atoms with Gasteiger partial charge in [0.2, 0.25) is 0 Å². The predicted octanol–water partition coefficient (Wildman–Crippen LogP) is 3.57. The minimum atomic E-state index is -3.43. The molecule has 2 heterocycles. The number of hydrogen-bond acceptors (Lipinski definition) is 3. The molecule has 1 aromatic heterocycles. The van der Waals surface area contributed by atoms with Gasteiger partial charge in [0.1, 0.15) is 4.21 Å². The van der Waals surface area contributed by atoms with Gasteiger partial charge in [0.05, 0.1) is 9.47 Å². The molecule has 2 aromatic rings. The van der Waals surface area contributed by atoms with E-state index in [1.165, 1.54) is 15.6 Å². The van der Waals surface area contributed by atoms with Gasteiger partial charge in [0, 0.05) is 6.54 Å². The van der Waals surface area contributed by atoms with Crippen molar-refractivity contribution in [2.45, 2.75) is 17.6 Å². The summed E-state index contributed by atoms with van der Waals surface area (Å²) in [6.07, 6.45) is 0.779. The third-order valence-electron chi connectivity index (χ3n) is 3.22. The maximum absolute atomic E-state index is 12.7. The second-order valence-corrected chi connectivity index (χ2v) is 8.94. The topological polar surface area (TPSA) is 37.4 Å². The van der Waals surface area contributed by atoms with Crippen LogP contribution in [0.3, 0.4) is 0 Å². The molecule has 0 spiro atoms. The number of halogens is 1. The van der Waals surface area contributed by atoms with Crippen LogP contribution in [0.25, 0.3) is 0 Å². The van der Waals surface area contributed by atoms with E-state index in [-0.39, 0.29) is 0 Å². The Morgan fingerprint density at radius 2 is 2.05 bits per heavy atom. The number of thiophene rings is 1. The zero-order valence-corrected chi connectivity index (χ0v) is 13.5. The average molecular weight is 358 g/mol. The van der Waals surface area contributed by atoms with Crippen LogP contribution in [0.15, 0.2) is 38.3 Å². The third kappa shape index (κ3) is 2.11. The Hall–Kier alpha value is -0.850. The van der Waals surface area contributed by atoms with Crippen molar-refractivity contribution in [2.75, 3.05) is 10.8 Å². The van der Waals surface area contributed by atoms with E-state index in [0.717, 1.165) is 27.0 Å². The Bertz CT molecular complexity index is 717. The lowest BCUT2D eigenvalue weighted by Crippen LogP contribution is -2.28. The standard InChI is InChI=1S/C13H12BrNO2S2/c1-9-8-12(18-13(9)14)19(16,17)15-7-6-10-4-2-3-5-11(10)15/h2-5,8H,6-7H2,1H3. The van der Waals surface area contributed by atoms with E-state index in [2.05, 4.69) is 15.9 Å². The van der Waals surface area contributed by atoms with E-state index >= 15 is 0 Å². The lowest BCUT2D eigenvalue weighted by Gasteiger charge is -2.18. The highest BCUT2D eigenvalue weighted by atomic mass is 79.9. The molecular weight excluding hydrogens is 346 g/mol. The first-order chi connectivity index (χ1) is 9.00. The van der Waals surface area contributed by atoms with Gasteiger partial charge in [-0.1, -0.05) is 18.2 Å². The molecule has 0 amide bonds. The predicted molar refractivity (Wildman–Crippen MR) is 81.4 cm³/mol. The molecule has 3 rings (SSSR count). The molecular formula is C13H12BrNO2S2. The van der Waals surface area contributed by atoms with Crippen molar-refractivity contribution < 1.29 is 8.42 Å². The normalized spacial score (nSPS) is 14.7. The van der Waals surface area contributed by atoms with Gasteiger partial charge in [0.25, 0.3) is 10.0 Å². The summed E-state index contributed by atoms with van der Waals surface area (Å²) >= 11 is 4.65. The molecule has 0 radical (unpaired) electrons. The van der Waals surface area contributed by atoms with Crippen LogP contribution in [0.1, 0.15) is 11.1 Å². The van der Waals surface area contributed by atoms with E-state index in [1.54, 1.807) is 6.07 Å². The molecule has 1 aliphatic heterocycles. The number of sulfonamides is 1. The third-order valence-corrected chi connectivity index (χ3v) is 7.62. The van der Waals surface area contributed by atoms with E-state index in [9.17, 15) is 8.42 Å². The number of nitrogens with zero attached hydrogens (tertiary/aromatic N) is 1. The average Bonchev–Trinajstić information content (AvgIpc) is 2.94. The molecule has 19 heavy (non-hydrogen) atoms. The molecule has 6 heteroatoms. The largest absolute Gasteiger partial charge is 0.273 e. The summed E-state index contributed by atoms with van der Waals surface area (Å²) < 4.78 is 28.1. The lowest BCUT2D eigenvalue weighted by molar-refractivity contribution is 0.594. The van der Waals surface area contributed by atoms with E-state index < -0.39 is 10.0 Å². The molecule has 1 aliphatic rings. The van der Waals surface area contributed by atoms with Gasteiger partial charge < -0.3 is 0 Å². The fraction of sp³-hybridized carbons (Fsp3) is 0.231. The minimum absolute atomic E-state index is 0.397.